The molecule has 18 heavy (non-hydrogen) atoms. The summed E-state index contributed by atoms with van der Waals surface area (Å²) in [6.45, 7) is 0. The molecule has 0 amide bonds. The smallest absolute Gasteiger partial charge is 0.148 e. The number of benzene rings is 1. The zero-order valence-electron chi connectivity index (χ0n) is 9.36. The minimum Gasteiger partial charge on any atom is -0.298 e. The van der Waals surface area contributed by atoms with Gasteiger partial charge in [-0.1, -0.05) is 6.07 Å². The lowest BCUT2D eigenvalue weighted by Gasteiger charge is -2.00. The Balaban J connectivity index is 1.85. The molecule has 0 radical (unpaired) electrons. The van der Waals surface area contributed by atoms with Crippen molar-refractivity contribution in [1.82, 2.24) is 0 Å². The zero-order chi connectivity index (χ0) is 13.0. The second kappa shape index (κ2) is 6.50. The van der Waals surface area contributed by atoms with Gasteiger partial charge in [0.05, 0.1) is 9.54 Å². The van der Waals surface area contributed by atoms with Gasteiger partial charge in [0.2, 0.25) is 0 Å². The Labute approximate surface area is 122 Å². The van der Waals surface area contributed by atoms with Gasteiger partial charge in [-0.05, 0) is 46.3 Å². The summed E-state index contributed by atoms with van der Waals surface area (Å²) in [4.78, 5) is 13.6. The molecule has 1 aromatic heterocycles. The zero-order valence-corrected chi connectivity index (χ0v) is 12.6. The molecule has 94 valence electrons. The molecular weight excluding hydrogens is 335 g/mol. The molecule has 1 nitrogen and oxygen atoms in total. The number of rotatable bonds is 5. The maximum Gasteiger partial charge on any atom is 0.148 e. The second-order valence-corrected chi connectivity index (χ2v) is 7.26. The van der Waals surface area contributed by atoms with Crippen LogP contribution in [0.4, 0.5) is 4.39 Å². The molecule has 0 fully saturated rings. The number of carbonyl (C=O) groups is 1. The summed E-state index contributed by atoms with van der Waals surface area (Å²) in [6.07, 6.45) is 0.443. The fourth-order valence-corrected chi connectivity index (χ4v) is 3.72. The van der Waals surface area contributed by atoms with E-state index in [-0.39, 0.29) is 11.6 Å². The standard InChI is InChI=1S/C13H10BrFOS2/c14-13-5-4-12(18-13)7-10(16)8-17-11-3-1-2-9(15)6-11/h1-6H,7-8H2. The lowest BCUT2D eigenvalue weighted by Crippen LogP contribution is -2.04. The van der Waals surface area contributed by atoms with E-state index in [1.54, 1.807) is 17.4 Å². The highest BCUT2D eigenvalue weighted by atomic mass is 79.9. The minimum absolute atomic E-state index is 0.151. The highest BCUT2D eigenvalue weighted by molar-refractivity contribution is 9.11. The van der Waals surface area contributed by atoms with Gasteiger partial charge in [0.25, 0.3) is 0 Å². The molecule has 0 aliphatic heterocycles. The third-order valence-electron chi connectivity index (χ3n) is 2.20. The summed E-state index contributed by atoms with van der Waals surface area (Å²) < 4.78 is 14.0. The topological polar surface area (TPSA) is 17.1 Å². The number of hydrogen-bond donors (Lipinski definition) is 0. The van der Waals surface area contributed by atoms with E-state index >= 15 is 0 Å². The van der Waals surface area contributed by atoms with Crippen molar-refractivity contribution in [3.05, 3.63) is 50.9 Å². The molecule has 1 aromatic carbocycles. The van der Waals surface area contributed by atoms with Crippen LogP contribution < -0.4 is 0 Å². The van der Waals surface area contributed by atoms with E-state index < -0.39 is 0 Å². The van der Waals surface area contributed by atoms with Gasteiger partial charge in [-0.25, -0.2) is 4.39 Å². The first-order valence-electron chi connectivity index (χ1n) is 5.28. The summed E-state index contributed by atoms with van der Waals surface area (Å²) in [6, 6.07) is 10.2. The predicted octanol–water partition coefficient (Wildman–Crippen LogP) is 4.55. The van der Waals surface area contributed by atoms with Crippen LogP contribution in [0.2, 0.25) is 0 Å². The number of ketones is 1. The van der Waals surface area contributed by atoms with Crippen molar-refractivity contribution in [3.63, 3.8) is 0 Å². The number of thiophene rings is 1. The van der Waals surface area contributed by atoms with Gasteiger partial charge in [-0.2, -0.15) is 0 Å². The summed E-state index contributed by atoms with van der Waals surface area (Å²) in [7, 11) is 0. The molecule has 2 aromatic rings. The van der Waals surface area contributed by atoms with Crippen molar-refractivity contribution >= 4 is 44.8 Å². The Kier molecular flexibility index (Phi) is 4.97. The number of hydrogen-bond acceptors (Lipinski definition) is 3. The average molecular weight is 345 g/mol. The van der Waals surface area contributed by atoms with Gasteiger partial charge < -0.3 is 0 Å². The van der Waals surface area contributed by atoms with Gasteiger partial charge in [0.1, 0.15) is 11.6 Å². The molecule has 0 saturated carbocycles. The first-order chi connectivity index (χ1) is 8.63. The average Bonchev–Trinajstić information content (AvgIpc) is 2.72. The van der Waals surface area contributed by atoms with Crippen LogP contribution >= 0.6 is 39.0 Å². The van der Waals surface area contributed by atoms with E-state index in [4.69, 9.17) is 0 Å². The van der Waals surface area contributed by atoms with Crippen LogP contribution in [0.3, 0.4) is 0 Å². The quantitative estimate of drug-likeness (QED) is 0.740. The Morgan fingerprint density at radius 1 is 1.33 bits per heavy atom. The van der Waals surface area contributed by atoms with Gasteiger partial charge >= 0.3 is 0 Å². The molecule has 1 heterocycles. The first-order valence-corrected chi connectivity index (χ1v) is 7.87. The highest BCUT2D eigenvalue weighted by Crippen LogP contribution is 2.24. The van der Waals surface area contributed by atoms with Crippen LogP contribution in [-0.2, 0) is 11.2 Å². The van der Waals surface area contributed by atoms with Crippen LogP contribution in [0, 0.1) is 5.82 Å². The third kappa shape index (κ3) is 4.23. The molecule has 0 aliphatic rings. The van der Waals surface area contributed by atoms with E-state index in [9.17, 15) is 9.18 Å². The summed E-state index contributed by atoms with van der Waals surface area (Å²) in [5, 5.41) is 0. The lowest BCUT2D eigenvalue weighted by molar-refractivity contribution is -0.115. The van der Waals surface area contributed by atoms with Gasteiger partial charge in [0, 0.05) is 16.2 Å². The van der Waals surface area contributed by atoms with E-state index in [2.05, 4.69) is 15.9 Å². The Morgan fingerprint density at radius 2 is 2.17 bits per heavy atom. The number of Topliss-reactive ketones (excluding diaryl/α,β-unsaturated/α-hetero) is 1. The van der Waals surface area contributed by atoms with E-state index in [1.807, 2.05) is 18.2 Å². The molecule has 0 bridgehead atoms. The maximum atomic E-state index is 12.9. The molecular formula is C13H10BrFOS2. The highest BCUT2D eigenvalue weighted by Gasteiger charge is 2.07. The molecule has 5 heteroatoms. The van der Waals surface area contributed by atoms with Crippen LogP contribution in [0.5, 0.6) is 0 Å². The predicted molar refractivity (Wildman–Crippen MR) is 77.9 cm³/mol. The van der Waals surface area contributed by atoms with E-state index in [0.717, 1.165) is 13.6 Å². The summed E-state index contributed by atoms with van der Waals surface area (Å²) in [5.41, 5.74) is 0. The van der Waals surface area contributed by atoms with Crippen molar-refractivity contribution in [1.29, 1.82) is 0 Å². The van der Waals surface area contributed by atoms with Crippen LogP contribution in [0.1, 0.15) is 4.88 Å². The number of carbonyl (C=O) groups excluding carboxylic acids is 1. The number of halogens is 2. The molecule has 0 unspecified atom stereocenters. The van der Waals surface area contributed by atoms with Crippen LogP contribution in [0.25, 0.3) is 0 Å². The van der Waals surface area contributed by atoms with E-state index in [1.165, 1.54) is 23.9 Å². The van der Waals surface area contributed by atoms with Gasteiger partial charge in [-0.15, -0.1) is 23.1 Å². The van der Waals surface area contributed by atoms with Crippen molar-refractivity contribution in [2.45, 2.75) is 11.3 Å². The lowest BCUT2D eigenvalue weighted by atomic mass is 10.3. The maximum absolute atomic E-state index is 12.9. The first kappa shape index (κ1) is 13.8. The SMILES string of the molecule is O=C(CSc1cccc(F)c1)Cc1ccc(Br)s1. The normalized spacial score (nSPS) is 10.6. The van der Waals surface area contributed by atoms with Crippen molar-refractivity contribution in [2.24, 2.45) is 0 Å². The summed E-state index contributed by atoms with van der Waals surface area (Å²) >= 11 is 6.30. The van der Waals surface area contributed by atoms with Crippen LogP contribution in [-0.4, -0.2) is 11.5 Å². The molecule has 0 saturated heterocycles. The van der Waals surface area contributed by atoms with Gasteiger partial charge in [0.15, 0.2) is 0 Å². The molecule has 0 N–H and O–H groups in total. The second-order valence-electron chi connectivity index (χ2n) is 3.67. The fourth-order valence-electron chi connectivity index (χ4n) is 1.41. The molecule has 0 spiro atoms. The third-order valence-corrected chi connectivity index (χ3v) is 4.87. The Hall–Kier alpha value is -0.650. The fraction of sp³-hybridized carbons (Fsp3) is 0.154. The molecule has 0 atom stereocenters. The van der Waals surface area contributed by atoms with Crippen molar-refractivity contribution < 1.29 is 9.18 Å². The van der Waals surface area contributed by atoms with Crippen LogP contribution in [0.15, 0.2) is 45.1 Å². The molecule has 2 rings (SSSR count). The monoisotopic (exact) mass is 344 g/mol. The Morgan fingerprint density at radius 3 is 2.83 bits per heavy atom. The minimum atomic E-state index is -0.269. The Bertz CT molecular complexity index is 553. The number of thioether (sulfide) groups is 1. The van der Waals surface area contributed by atoms with Gasteiger partial charge in [-0.3, -0.25) is 4.79 Å². The van der Waals surface area contributed by atoms with Crippen molar-refractivity contribution in [2.75, 3.05) is 5.75 Å². The van der Waals surface area contributed by atoms with Crippen molar-refractivity contribution in [3.8, 4) is 0 Å². The molecule has 0 aliphatic carbocycles. The largest absolute Gasteiger partial charge is 0.298 e. The van der Waals surface area contributed by atoms with E-state index in [0.29, 0.717) is 12.2 Å². The summed E-state index contributed by atoms with van der Waals surface area (Å²) in [5.74, 6) is 0.257.